The monoisotopic (exact) mass is 370 g/mol. The molecule has 0 bridgehead atoms. The first-order valence-electron chi connectivity index (χ1n) is 6.75. The van der Waals surface area contributed by atoms with Crippen molar-refractivity contribution >= 4 is 33.6 Å². The number of methoxy groups -OCH3 is 1. The molecule has 7 heteroatoms. The molecule has 1 atom stereocenters. The number of nitrogens with zero attached hydrogens (tertiary/aromatic N) is 1. The summed E-state index contributed by atoms with van der Waals surface area (Å²) in [6, 6.07) is 5.36. The molecule has 1 aliphatic rings. The molecule has 6 nitrogen and oxygen atoms in total. The van der Waals surface area contributed by atoms with Crippen LogP contribution in [-0.2, 0) is 20.0 Å². The number of hydrogen-bond acceptors (Lipinski definition) is 4. The van der Waals surface area contributed by atoms with Gasteiger partial charge in [-0.25, -0.2) is 4.79 Å². The molecule has 0 spiro atoms. The average Bonchev–Trinajstić information content (AvgIpc) is 2.59. The number of nitrogens with one attached hydrogen (secondary N) is 1. The van der Waals surface area contributed by atoms with Crippen molar-refractivity contribution in [1.82, 2.24) is 5.32 Å². The summed E-state index contributed by atoms with van der Waals surface area (Å²) >= 11 is 3.37. The molecular formula is C15H19BrN2O4. The topological polar surface area (TPSA) is 67.9 Å². The number of benzene rings is 1. The summed E-state index contributed by atoms with van der Waals surface area (Å²) in [6.45, 7) is 5.25. The number of fused-ring (bicyclic) bond motifs is 1. The van der Waals surface area contributed by atoms with Crippen LogP contribution in [0.2, 0.25) is 0 Å². The van der Waals surface area contributed by atoms with Gasteiger partial charge in [0.15, 0.2) is 0 Å². The number of carbonyl (C=O) groups excluding carboxylic acids is 2. The van der Waals surface area contributed by atoms with Crippen molar-refractivity contribution < 1.29 is 19.1 Å². The minimum Gasteiger partial charge on any atom is -0.444 e. The Morgan fingerprint density at radius 2 is 2.00 bits per heavy atom. The van der Waals surface area contributed by atoms with Gasteiger partial charge in [0.05, 0.1) is 5.69 Å². The quantitative estimate of drug-likeness (QED) is 0.812. The molecule has 0 radical (unpaired) electrons. The molecule has 1 N–H and O–H groups in total. The van der Waals surface area contributed by atoms with Crippen molar-refractivity contribution in [2.45, 2.75) is 32.1 Å². The molecule has 0 aliphatic carbocycles. The van der Waals surface area contributed by atoms with Crippen molar-refractivity contribution in [2.75, 3.05) is 19.1 Å². The lowest BCUT2D eigenvalue weighted by atomic mass is 10.0. The maximum atomic E-state index is 12.6. The van der Waals surface area contributed by atoms with Gasteiger partial charge in [0.2, 0.25) is 0 Å². The Labute approximate surface area is 137 Å². The van der Waals surface area contributed by atoms with E-state index in [9.17, 15) is 9.59 Å². The van der Waals surface area contributed by atoms with Gasteiger partial charge in [-0.3, -0.25) is 10.1 Å². The third-order valence-corrected chi connectivity index (χ3v) is 3.78. The molecule has 120 valence electrons. The van der Waals surface area contributed by atoms with E-state index in [2.05, 4.69) is 21.2 Å². The summed E-state index contributed by atoms with van der Waals surface area (Å²) < 4.78 is 11.4. The Morgan fingerprint density at radius 3 is 2.55 bits per heavy atom. The number of amides is 2. The number of likely N-dealkylation sites (N-methyl/N-ethyl adjacent to an activating group) is 1. The molecule has 2 rings (SSSR count). The molecule has 0 aromatic heterocycles. The summed E-state index contributed by atoms with van der Waals surface area (Å²) in [5, 5.41) is 2.57. The maximum absolute atomic E-state index is 12.6. The normalized spacial score (nSPS) is 20.8. The highest BCUT2D eigenvalue weighted by Gasteiger charge is 2.52. The largest absolute Gasteiger partial charge is 0.444 e. The van der Waals surface area contributed by atoms with Crippen LogP contribution < -0.4 is 10.2 Å². The summed E-state index contributed by atoms with van der Waals surface area (Å²) in [5.74, 6) is -0.381. The lowest BCUT2D eigenvalue weighted by Crippen LogP contribution is -2.54. The van der Waals surface area contributed by atoms with Crippen LogP contribution in [-0.4, -0.2) is 31.8 Å². The first-order chi connectivity index (χ1) is 10.1. The Bertz CT molecular complexity index is 626. The van der Waals surface area contributed by atoms with E-state index in [1.165, 1.54) is 12.0 Å². The first-order valence-corrected chi connectivity index (χ1v) is 7.54. The number of halogens is 1. The molecule has 1 heterocycles. The highest BCUT2D eigenvalue weighted by molar-refractivity contribution is 9.10. The average molecular weight is 371 g/mol. The van der Waals surface area contributed by atoms with Gasteiger partial charge in [-0.15, -0.1) is 0 Å². The Balaban J connectivity index is 2.44. The molecule has 1 aromatic rings. The van der Waals surface area contributed by atoms with E-state index in [0.29, 0.717) is 11.3 Å². The smallest absolute Gasteiger partial charge is 0.410 e. The Hall–Kier alpha value is -1.60. The number of ether oxygens (including phenoxy) is 2. The molecule has 22 heavy (non-hydrogen) atoms. The summed E-state index contributed by atoms with van der Waals surface area (Å²) in [5.41, 5.74) is -1.03. The molecule has 0 saturated heterocycles. The molecule has 0 unspecified atom stereocenters. The van der Waals surface area contributed by atoms with Crippen molar-refractivity contribution in [3.8, 4) is 0 Å². The third-order valence-electron chi connectivity index (χ3n) is 3.29. The van der Waals surface area contributed by atoms with E-state index in [-0.39, 0.29) is 5.91 Å². The van der Waals surface area contributed by atoms with Gasteiger partial charge in [0.1, 0.15) is 5.60 Å². The summed E-state index contributed by atoms with van der Waals surface area (Å²) in [7, 11) is 3.01. The molecule has 0 saturated carbocycles. The van der Waals surface area contributed by atoms with Crippen LogP contribution in [0.25, 0.3) is 0 Å². The van der Waals surface area contributed by atoms with Crippen LogP contribution in [0.5, 0.6) is 0 Å². The first kappa shape index (κ1) is 16.8. The van der Waals surface area contributed by atoms with Crippen LogP contribution >= 0.6 is 15.9 Å². The van der Waals surface area contributed by atoms with E-state index >= 15 is 0 Å². The van der Waals surface area contributed by atoms with Gasteiger partial charge in [0, 0.05) is 24.2 Å². The van der Waals surface area contributed by atoms with Crippen molar-refractivity contribution in [1.29, 1.82) is 0 Å². The van der Waals surface area contributed by atoms with Gasteiger partial charge in [-0.2, -0.15) is 0 Å². The van der Waals surface area contributed by atoms with E-state index in [0.717, 1.165) is 4.47 Å². The molecule has 2 amide bonds. The fourth-order valence-electron chi connectivity index (χ4n) is 2.36. The fourth-order valence-corrected chi connectivity index (χ4v) is 2.72. The van der Waals surface area contributed by atoms with Gasteiger partial charge in [0.25, 0.3) is 11.6 Å². The van der Waals surface area contributed by atoms with Crippen LogP contribution in [0.3, 0.4) is 0 Å². The second-order valence-corrected chi connectivity index (χ2v) is 6.95. The van der Waals surface area contributed by atoms with Crippen LogP contribution in [0.4, 0.5) is 10.5 Å². The second-order valence-electron chi connectivity index (χ2n) is 6.04. The molecule has 1 aromatic carbocycles. The van der Waals surface area contributed by atoms with E-state index in [4.69, 9.17) is 9.47 Å². The van der Waals surface area contributed by atoms with Crippen molar-refractivity contribution in [3.05, 3.63) is 28.2 Å². The van der Waals surface area contributed by atoms with Gasteiger partial charge >= 0.3 is 6.09 Å². The molecule has 0 fully saturated rings. The van der Waals surface area contributed by atoms with Crippen LogP contribution in [0, 0.1) is 0 Å². The zero-order chi connectivity index (χ0) is 16.7. The summed E-state index contributed by atoms with van der Waals surface area (Å²) in [4.78, 5) is 26.2. The summed E-state index contributed by atoms with van der Waals surface area (Å²) in [6.07, 6.45) is -0.719. The van der Waals surface area contributed by atoms with Gasteiger partial charge < -0.3 is 14.4 Å². The Morgan fingerprint density at radius 1 is 1.36 bits per heavy atom. The fraction of sp³-hybridized carbons (Fsp3) is 0.467. The molecule has 1 aliphatic heterocycles. The van der Waals surface area contributed by atoms with Crippen LogP contribution in [0.15, 0.2) is 22.7 Å². The number of anilines is 1. The number of alkyl carbamates (subject to hydrolysis) is 1. The standard InChI is InChI=1S/C15H19BrN2O4/c1-14(2,3)22-13(20)17-15(21-5)10-8-9(16)6-7-11(10)18(4)12(15)19/h6-8H,1-5H3,(H,17,20)/t15-/m1/s1. The van der Waals surface area contributed by atoms with E-state index in [1.54, 1.807) is 40.0 Å². The SMILES string of the molecule is CO[C@@]1(NC(=O)OC(C)(C)C)C(=O)N(C)c2ccc(Br)cc21. The minimum absolute atomic E-state index is 0.381. The van der Waals surface area contributed by atoms with E-state index in [1.807, 2.05) is 6.07 Å². The van der Waals surface area contributed by atoms with Crippen molar-refractivity contribution in [3.63, 3.8) is 0 Å². The number of carbonyl (C=O) groups is 2. The number of hydrogen-bond donors (Lipinski definition) is 1. The number of rotatable bonds is 2. The zero-order valence-electron chi connectivity index (χ0n) is 13.2. The van der Waals surface area contributed by atoms with Crippen LogP contribution in [0.1, 0.15) is 26.3 Å². The predicted molar refractivity (Wildman–Crippen MR) is 85.6 cm³/mol. The second kappa shape index (κ2) is 5.55. The third kappa shape index (κ3) is 2.83. The van der Waals surface area contributed by atoms with Gasteiger partial charge in [-0.1, -0.05) is 15.9 Å². The maximum Gasteiger partial charge on any atom is 0.410 e. The molecular weight excluding hydrogens is 352 g/mol. The highest BCUT2D eigenvalue weighted by atomic mass is 79.9. The Kier molecular flexibility index (Phi) is 4.23. The lowest BCUT2D eigenvalue weighted by molar-refractivity contribution is -0.143. The minimum atomic E-state index is -1.59. The van der Waals surface area contributed by atoms with Crippen molar-refractivity contribution in [2.24, 2.45) is 0 Å². The zero-order valence-corrected chi connectivity index (χ0v) is 14.8. The van der Waals surface area contributed by atoms with E-state index < -0.39 is 17.4 Å². The predicted octanol–water partition coefficient (Wildman–Crippen LogP) is 2.75. The highest BCUT2D eigenvalue weighted by Crippen LogP contribution is 2.41. The van der Waals surface area contributed by atoms with Gasteiger partial charge in [-0.05, 0) is 39.0 Å². The lowest BCUT2D eigenvalue weighted by Gasteiger charge is -2.29.